The molecular weight excluding hydrogens is 300 g/mol. The van der Waals surface area contributed by atoms with Crippen molar-refractivity contribution in [3.63, 3.8) is 0 Å². The van der Waals surface area contributed by atoms with Crippen molar-refractivity contribution in [3.05, 3.63) is 46.5 Å². The third-order valence-corrected chi connectivity index (χ3v) is 2.64. The maximum absolute atomic E-state index is 12.1. The summed E-state index contributed by atoms with van der Waals surface area (Å²) in [6.45, 7) is 4.99. The number of carbonyl (C=O) groups excluding carboxylic acids is 2. The van der Waals surface area contributed by atoms with E-state index in [1.54, 1.807) is 45.3 Å². The van der Waals surface area contributed by atoms with Crippen LogP contribution in [-0.4, -0.2) is 32.8 Å². The maximum atomic E-state index is 12.1. The van der Waals surface area contributed by atoms with Gasteiger partial charge in [-0.2, -0.15) is 5.10 Å². The lowest BCUT2D eigenvalue weighted by Crippen LogP contribution is -2.38. The van der Waals surface area contributed by atoms with Gasteiger partial charge in [0.1, 0.15) is 11.2 Å². The van der Waals surface area contributed by atoms with E-state index in [0.29, 0.717) is 11.3 Å². The molecule has 0 unspecified atom stereocenters. The topological polar surface area (TPSA) is 114 Å². The molecule has 120 valence electrons. The maximum Gasteiger partial charge on any atom is 0.414 e. The van der Waals surface area contributed by atoms with Gasteiger partial charge in [-0.1, -0.05) is 0 Å². The standard InChI is InChI=1S/C15H16N4O4/c1-15(2,3)23-14(22)17-12(20)10-8-11(18-19-13(10)21)9-4-6-16-7-5-9/h4-8H,1-3H3,(H,19,21)(H,17,20,22). The Labute approximate surface area is 131 Å². The first kappa shape index (κ1) is 16.3. The van der Waals surface area contributed by atoms with Crippen LogP contribution in [-0.2, 0) is 4.74 Å². The Hall–Kier alpha value is -3.03. The van der Waals surface area contributed by atoms with Crippen LogP contribution in [0.2, 0.25) is 0 Å². The van der Waals surface area contributed by atoms with Crippen molar-refractivity contribution >= 4 is 12.0 Å². The Kier molecular flexibility index (Phi) is 4.54. The number of nitrogens with one attached hydrogen (secondary N) is 2. The van der Waals surface area contributed by atoms with E-state index in [-0.39, 0.29) is 5.56 Å². The van der Waals surface area contributed by atoms with Gasteiger partial charge in [0.05, 0.1) is 5.69 Å². The minimum Gasteiger partial charge on any atom is -0.444 e. The molecule has 2 aromatic rings. The van der Waals surface area contributed by atoms with Gasteiger partial charge >= 0.3 is 6.09 Å². The van der Waals surface area contributed by atoms with Gasteiger partial charge in [0.15, 0.2) is 0 Å². The van der Waals surface area contributed by atoms with E-state index in [1.807, 2.05) is 5.32 Å². The lowest BCUT2D eigenvalue weighted by atomic mass is 10.1. The van der Waals surface area contributed by atoms with Gasteiger partial charge in [0.25, 0.3) is 11.5 Å². The van der Waals surface area contributed by atoms with E-state index < -0.39 is 23.2 Å². The SMILES string of the molecule is CC(C)(C)OC(=O)NC(=O)c1cc(-c2ccncc2)n[nH]c1=O. The minimum atomic E-state index is -0.927. The number of H-pyrrole nitrogens is 1. The van der Waals surface area contributed by atoms with E-state index in [1.165, 1.54) is 6.07 Å². The highest BCUT2D eigenvalue weighted by Gasteiger charge is 2.21. The number of pyridine rings is 1. The largest absolute Gasteiger partial charge is 0.444 e. The molecule has 0 fully saturated rings. The number of rotatable bonds is 2. The quantitative estimate of drug-likeness (QED) is 0.867. The molecule has 0 saturated heterocycles. The van der Waals surface area contributed by atoms with Crippen LogP contribution in [0.25, 0.3) is 11.3 Å². The molecule has 0 aliphatic carbocycles. The van der Waals surface area contributed by atoms with Gasteiger partial charge in [0.2, 0.25) is 0 Å². The molecule has 2 aromatic heterocycles. The summed E-state index contributed by atoms with van der Waals surface area (Å²) in [7, 11) is 0. The summed E-state index contributed by atoms with van der Waals surface area (Å²) < 4.78 is 4.98. The molecule has 0 radical (unpaired) electrons. The van der Waals surface area contributed by atoms with Crippen LogP contribution in [0.1, 0.15) is 31.1 Å². The molecule has 8 heteroatoms. The van der Waals surface area contributed by atoms with Crippen LogP contribution in [0.5, 0.6) is 0 Å². The molecule has 0 bridgehead atoms. The first-order valence-electron chi connectivity index (χ1n) is 6.81. The number of alkyl carbamates (subject to hydrolysis) is 1. The highest BCUT2D eigenvalue weighted by Crippen LogP contribution is 2.14. The molecule has 0 aliphatic rings. The number of aromatic nitrogens is 3. The Morgan fingerprint density at radius 1 is 1.22 bits per heavy atom. The van der Waals surface area contributed by atoms with Crippen molar-refractivity contribution in [1.29, 1.82) is 0 Å². The molecule has 8 nitrogen and oxygen atoms in total. The monoisotopic (exact) mass is 316 g/mol. The van der Waals surface area contributed by atoms with Crippen molar-refractivity contribution in [2.75, 3.05) is 0 Å². The van der Waals surface area contributed by atoms with Gasteiger partial charge in [-0.15, -0.1) is 0 Å². The summed E-state index contributed by atoms with van der Waals surface area (Å²) in [5.74, 6) is -0.863. The van der Waals surface area contributed by atoms with Crippen LogP contribution >= 0.6 is 0 Å². The first-order valence-corrected chi connectivity index (χ1v) is 6.81. The zero-order valence-electron chi connectivity index (χ0n) is 12.9. The Morgan fingerprint density at radius 3 is 2.48 bits per heavy atom. The number of aromatic amines is 1. The number of amides is 2. The molecule has 2 heterocycles. The van der Waals surface area contributed by atoms with Gasteiger partial charge in [-0.25, -0.2) is 9.89 Å². The first-order chi connectivity index (χ1) is 10.8. The molecule has 2 rings (SSSR count). The van der Waals surface area contributed by atoms with E-state index in [9.17, 15) is 14.4 Å². The number of nitrogens with zero attached hydrogens (tertiary/aromatic N) is 2. The van der Waals surface area contributed by atoms with Crippen molar-refractivity contribution in [1.82, 2.24) is 20.5 Å². The van der Waals surface area contributed by atoms with Crippen molar-refractivity contribution in [2.45, 2.75) is 26.4 Å². The Bertz CT molecular complexity index is 778. The molecule has 0 atom stereocenters. The summed E-state index contributed by atoms with van der Waals surface area (Å²) in [4.78, 5) is 39.3. The van der Waals surface area contributed by atoms with Crippen molar-refractivity contribution in [3.8, 4) is 11.3 Å². The number of carbonyl (C=O) groups is 2. The summed E-state index contributed by atoms with van der Waals surface area (Å²) in [5, 5.41) is 8.11. The Morgan fingerprint density at radius 2 is 1.87 bits per heavy atom. The highest BCUT2D eigenvalue weighted by molar-refractivity contribution is 6.03. The molecular formula is C15H16N4O4. The summed E-state index contributed by atoms with van der Waals surface area (Å²) in [5.41, 5.74) is -0.650. The number of hydrogen-bond donors (Lipinski definition) is 2. The van der Waals surface area contributed by atoms with Crippen LogP contribution in [0, 0.1) is 0 Å². The molecule has 2 amide bonds. The second-order valence-corrected chi connectivity index (χ2v) is 5.69. The Balaban J connectivity index is 2.24. The van der Waals surface area contributed by atoms with Crippen molar-refractivity contribution < 1.29 is 14.3 Å². The summed E-state index contributed by atoms with van der Waals surface area (Å²) in [6.07, 6.45) is 2.19. The summed E-state index contributed by atoms with van der Waals surface area (Å²) in [6, 6.07) is 4.65. The van der Waals surface area contributed by atoms with Crippen LogP contribution in [0.15, 0.2) is 35.4 Å². The fourth-order valence-corrected chi connectivity index (χ4v) is 1.71. The number of imide groups is 1. The number of hydrogen-bond acceptors (Lipinski definition) is 6. The van der Waals surface area contributed by atoms with Crippen LogP contribution < -0.4 is 10.9 Å². The lowest BCUT2D eigenvalue weighted by Gasteiger charge is -2.19. The van der Waals surface area contributed by atoms with Crippen molar-refractivity contribution in [2.24, 2.45) is 0 Å². The zero-order chi connectivity index (χ0) is 17.0. The zero-order valence-corrected chi connectivity index (χ0v) is 12.9. The molecule has 0 aliphatic heterocycles. The predicted molar refractivity (Wildman–Crippen MR) is 81.8 cm³/mol. The van der Waals surface area contributed by atoms with Gasteiger partial charge in [-0.3, -0.25) is 19.9 Å². The van der Waals surface area contributed by atoms with Gasteiger partial charge < -0.3 is 4.74 Å². The smallest absolute Gasteiger partial charge is 0.414 e. The van der Waals surface area contributed by atoms with Gasteiger partial charge in [-0.05, 0) is 39.0 Å². The van der Waals surface area contributed by atoms with Crippen LogP contribution in [0.3, 0.4) is 0 Å². The normalized spacial score (nSPS) is 10.9. The predicted octanol–water partition coefficient (Wildman–Crippen LogP) is 1.50. The minimum absolute atomic E-state index is 0.238. The molecule has 0 aromatic carbocycles. The van der Waals surface area contributed by atoms with E-state index in [2.05, 4.69) is 15.2 Å². The second-order valence-electron chi connectivity index (χ2n) is 5.69. The number of ether oxygens (including phenoxy) is 1. The van der Waals surface area contributed by atoms with Gasteiger partial charge in [0, 0.05) is 18.0 Å². The highest BCUT2D eigenvalue weighted by atomic mass is 16.6. The average Bonchev–Trinajstić information content (AvgIpc) is 2.46. The molecule has 23 heavy (non-hydrogen) atoms. The third kappa shape index (κ3) is 4.47. The molecule has 2 N–H and O–H groups in total. The molecule has 0 saturated carbocycles. The van der Waals surface area contributed by atoms with E-state index >= 15 is 0 Å². The summed E-state index contributed by atoms with van der Waals surface area (Å²) >= 11 is 0. The van der Waals surface area contributed by atoms with Crippen LogP contribution in [0.4, 0.5) is 4.79 Å². The average molecular weight is 316 g/mol. The fourth-order valence-electron chi connectivity index (χ4n) is 1.71. The third-order valence-electron chi connectivity index (χ3n) is 2.64. The van der Waals surface area contributed by atoms with E-state index in [4.69, 9.17) is 4.74 Å². The lowest BCUT2D eigenvalue weighted by molar-refractivity contribution is 0.0508. The second kappa shape index (κ2) is 6.39. The fraction of sp³-hybridized carbons (Fsp3) is 0.267. The molecule has 0 spiro atoms. The van der Waals surface area contributed by atoms with E-state index in [0.717, 1.165) is 0 Å².